The van der Waals surface area contributed by atoms with Crippen LogP contribution in [0.2, 0.25) is 0 Å². The average molecular weight is 314 g/mol. The van der Waals surface area contributed by atoms with E-state index in [9.17, 15) is 4.79 Å². The van der Waals surface area contributed by atoms with Crippen LogP contribution in [0.3, 0.4) is 0 Å². The molecule has 0 aliphatic rings. The van der Waals surface area contributed by atoms with E-state index in [-0.39, 0.29) is 23.9 Å². The van der Waals surface area contributed by atoms with Gasteiger partial charge in [-0.05, 0) is 41.9 Å². The number of thiophene rings is 1. The highest BCUT2D eigenvalue weighted by Crippen LogP contribution is 2.21. The molecule has 0 aliphatic heterocycles. The van der Waals surface area contributed by atoms with Crippen molar-refractivity contribution in [3.63, 3.8) is 0 Å². The molecule has 3 nitrogen and oxygen atoms in total. The predicted molar refractivity (Wildman–Crippen MR) is 69.9 cm³/mol. The largest absolute Gasteiger partial charge is 0.350 e. The number of hydrogen-bond donors (Lipinski definition) is 2. The van der Waals surface area contributed by atoms with Gasteiger partial charge >= 0.3 is 0 Å². The fraction of sp³-hybridized carbons (Fsp3) is 0.444. The molecule has 0 radical (unpaired) electrons. The first-order valence-corrected chi connectivity index (χ1v) is 5.82. The summed E-state index contributed by atoms with van der Waals surface area (Å²) in [6.45, 7) is 4.22. The van der Waals surface area contributed by atoms with Gasteiger partial charge in [-0.2, -0.15) is 0 Å². The topological polar surface area (TPSA) is 55.1 Å². The molecule has 0 aliphatic carbocycles. The minimum absolute atomic E-state index is 0. The van der Waals surface area contributed by atoms with Crippen LogP contribution in [0.1, 0.15) is 23.5 Å². The zero-order valence-corrected chi connectivity index (χ0v) is 11.8. The summed E-state index contributed by atoms with van der Waals surface area (Å²) in [5.74, 6) is -0.0702. The maximum atomic E-state index is 11.5. The first-order chi connectivity index (χ1) is 6.38. The van der Waals surface area contributed by atoms with Gasteiger partial charge in [-0.3, -0.25) is 4.79 Å². The molecule has 1 aromatic heterocycles. The number of carbonyl (C=O) groups is 1. The highest BCUT2D eigenvalue weighted by molar-refractivity contribution is 9.11. The number of carbonyl (C=O) groups excluding carboxylic acids is 1. The Hall–Kier alpha value is -0.100. The van der Waals surface area contributed by atoms with Crippen molar-refractivity contribution >= 4 is 45.6 Å². The summed E-state index contributed by atoms with van der Waals surface area (Å²) in [5, 5.41) is 2.78. The molecule has 1 aromatic rings. The minimum atomic E-state index is -0.371. The molecule has 3 N–H and O–H groups in total. The number of nitrogens with one attached hydrogen (secondary N) is 1. The van der Waals surface area contributed by atoms with Gasteiger partial charge in [0.25, 0.3) is 5.91 Å². The van der Waals surface area contributed by atoms with E-state index in [4.69, 9.17) is 5.73 Å². The monoisotopic (exact) mass is 312 g/mol. The Balaban J connectivity index is 0.00000196. The number of amides is 1. The molecule has 1 rings (SSSR count). The third kappa shape index (κ3) is 5.51. The predicted octanol–water partition coefficient (Wildman–Crippen LogP) is 2.40. The van der Waals surface area contributed by atoms with Crippen molar-refractivity contribution in [2.75, 3.05) is 6.54 Å². The maximum absolute atomic E-state index is 11.5. The molecule has 6 heteroatoms. The van der Waals surface area contributed by atoms with E-state index in [1.165, 1.54) is 11.3 Å². The Morgan fingerprint density at radius 3 is 2.60 bits per heavy atom. The van der Waals surface area contributed by atoms with Gasteiger partial charge in [-0.15, -0.1) is 23.7 Å². The van der Waals surface area contributed by atoms with Crippen LogP contribution in [0.15, 0.2) is 15.9 Å². The van der Waals surface area contributed by atoms with Gasteiger partial charge in [0.2, 0.25) is 0 Å². The first kappa shape index (κ1) is 14.9. The number of hydrogen-bond acceptors (Lipinski definition) is 3. The molecule has 0 saturated carbocycles. The highest BCUT2D eigenvalue weighted by atomic mass is 79.9. The SMILES string of the molecule is CC(C)(N)CNC(=O)c1ccc(Br)s1.Cl. The van der Waals surface area contributed by atoms with E-state index in [1.54, 1.807) is 6.07 Å². The van der Waals surface area contributed by atoms with E-state index in [0.29, 0.717) is 11.4 Å². The van der Waals surface area contributed by atoms with Crippen LogP contribution in [0.25, 0.3) is 0 Å². The van der Waals surface area contributed by atoms with Gasteiger partial charge < -0.3 is 11.1 Å². The van der Waals surface area contributed by atoms with Crippen molar-refractivity contribution in [1.29, 1.82) is 0 Å². The molecule has 0 atom stereocenters. The Labute approximate surface area is 108 Å². The number of halogens is 2. The van der Waals surface area contributed by atoms with Crippen LogP contribution in [0.4, 0.5) is 0 Å². The fourth-order valence-electron chi connectivity index (χ4n) is 0.832. The Kier molecular flexibility index (Phi) is 5.80. The maximum Gasteiger partial charge on any atom is 0.261 e. The number of rotatable bonds is 3. The van der Waals surface area contributed by atoms with Crippen molar-refractivity contribution in [1.82, 2.24) is 5.32 Å². The van der Waals surface area contributed by atoms with Crippen LogP contribution in [-0.4, -0.2) is 18.0 Å². The summed E-state index contributed by atoms with van der Waals surface area (Å²) in [6.07, 6.45) is 0. The third-order valence-corrected chi connectivity index (χ3v) is 3.12. The molecule has 0 saturated heterocycles. The van der Waals surface area contributed by atoms with Crippen LogP contribution in [0, 0.1) is 0 Å². The van der Waals surface area contributed by atoms with Gasteiger partial charge in [0.05, 0.1) is 8.66 Å². The molecule has 1 amide bonds. The third-order valence-electron chi connectivity index (χ3n) is 1.50. The Bertz CT molecular complexity index is 335. The summed E-state index contributed by atoms with van der Waals surface area (Å²) >= 11 is 4.72. The van der Waals surface area contributed by atoms with Crippen LogP contribution in [-0.2, 0) is 0 Å². The van der Waals surface area contributed by atoms with Gasteiger partial charge in [-0.25, -0.2) is 0 Å². The van der Waals surface area contributed by atoms with Gasteiger partial charge in [-0.1, -0.05) is 0 Å². The lowest BCUT2D eigenvalue weighted by molar-refractivity contribution is 0.0950. The molecule has 0 fully saturated rings. The normalized spacial score (nSPS) is 10.7. The zero-order chi connectivity index (χ0) is 10.8. The molecule has 15 heavy (non-hydrogen) atoms. The molecule has 86 valence electrons. The Morgan fingerprint density at radius 2 is 2.20 bits per heavy atom. The van der Waals surface area contributed by atoms with Crippen molar-refractivity contribution in [3.8, 4) is 0 Å². The lowest BCUT2D eigenvalue weighted by atomic mass is 10.1. The van der Waals surface area contributed by atoms with Crippen LogP contribution in [0.5, 0.6) is 0 Å². The highest BCUT2D eigenvalue weighted by Gasteiger charge is 2.14. The smallest absolute Gasteiger partial charge is 0.261 e. The second kappa shape index (κ2) is 5.84. The summed E-state index contributed by atoms with van der Waals surface area (Å²) in [4.78, 5) is 12.2. The lowest BCUT2D eigenvalue weighted by Gasteiger charge is -2.18. The molecular formula is C9H14BrClN2OS. The molecule has 0 unspecified atom stereocenters. The summed E-state index contributed by atoms with van der Waals surface area (Å²) in [7, 11) is 0. The standard InChI is InChI=1S/C9H13BrN2OS.ClH/c1-9(2,11)5-12-8(13)6-3-4-7(10)14-6;/h3-4H,5,11H2,1-2H3,(H,12,13);1H. The van der Waals surface area contributed by atoms with E-state index in [0.717, 1.165) is 3.79 Å². The summed E-state index contributed by atoms with van der Waals surface area (Å²) in [6, 6.07) is 3.64. The van der Waals surface area contributed by atoms with E-state index < -0.39 is 0 Å². The molecule has 1 heterocycles. The minimum Gasteiger partial charge on any atom is -0.350 e. The molecule has 0 aromatic carbocycles. The fourth-order valence-corrected chi connectivity index (χ4v) is 2.13. The second-order valence-corrected chi connectivity index (χ2v) is 6.24. The zero-order valence-electron chi connectivity index (χ0n) is 8.54. The van der Waals surface area contributed by atoms with Gasteiger partial charge in [0.15, 0.2) is 0 Å². The molecule has 0 bridgehead atoms. The Morgan fingerprint density at radius 1 is 1.60 bits per heavy atom. The van der Waals surface area contributed by atoms with Gasteiger partial charge in [0.1, 0.15) is 0 Å². The average Bonchev–Trinajstić information content (AvgIpc) is 2.46. The summed E-state index contributed by atoms with van der Waals surface area (Å²) < 4.78 is 0.953. The number of nitrogens with two attached hydrogens (primary N) is 1. The summed E-state index contributed by atoms with van der Waals surface area (Å²) in [5.41, 5.74) is 5.38. The first-order valence-electron chi connectivity index (χ1n) is 4.21. The second-order valence-electron chi connectivity index (χ2n) is 3.78. The van der Waals surface area contributed by atoms with Crippen LogP contribution >= 0.6 is 39.7 Å². The van der Waals surface area contributed by atoms with Crippen molar-refractivity contribution in [2.45, 2.75) is 19.4 Å². The van der Waals surface area contributed by atoms with Crippen molar-refractivity contribution in [3.05, 3.63) is 20.8 Å². The van der Waals surface area contributed by atoms with E-state index in [1.807, 2.05) is 19.9 Å². The molecule has 0 spiro atoms. The van der Waals surface area contributed by atoms with Gasteiger partial charge in [0, 0.05) is 12.1 Å². The van der Waals surface area contributed by atoms with Crippen LogP contribution < -0.4 is 11.1 Å². The van der Waals surface area contributed by atoms with Crippen molar-refractivity contribution < 1.29 is 4.79 Å². The van der Waals surface area contributed by atoms with E-state index in [2.05, 4.69) is 21.2 Å². The quantitative estimate of drug-likeness (QED) is 0.900. The van der Waals surface area contributed by atoms with Crippen molar-refractivity contribution in [2.24, 2.45) is 5.73 Å². The van der Waals surface area contributed by atoms with E-state index >= 15 is 0 Å². The lowest BCUT2D eigenvalue weighted by Crippen LogP contribution is -2.44. The molecular weight excluding hydrogens is 300 g/mol.